The summed E-state index contributed by atoms with van der Waals surface area (Å²) >= 11 is 2.06. The highest BCUT2D eigenvalue weighted by molar-refractivity contribution is 8.29. The van der Waals surface area contributed by atoms with E-state index in [-0.39, 0.29) is 9.81 Å². The molecule has 2 heterocycles. The van der Waals surface area contributed by atoms with Crippen molar-refractivity contribution in [3.05, 3.63) is 49.4 Å². The third-order valence-corrected chi connectivity index (χ3v) is 5.63. The summed E-state index contributed by atoms with van der Waals surface area (Å²) < 4.78 is 15.2. The minimum absolute atomic E-state index is 0.118. The Balaban J connectivity index is 2.04. The van der Waals surface area contributed by atoms with E-state index in [9.17, 15) is 14.4 Å². The lowest BCUT2D eigenvalue weighted by molar-refractivity contribution is -0.138. The minimum Gasteiger partial charge on any atom is -0.465 e. The predicted molar refractivity (Wildman–Crippen MR) is 85.0 cm³/mol. The zero-order valence-corrected chi connectivity index (χ0v) is 13.7. The molecule has 0 fully saturated rings. The molecule has 0 radical (unpaired) electrons. The number of methoxy groups -OCH3 is 2. The second-order valence-electron chi connectivity index (χ2n) is 4.40. The fraction of sp³-hybridized carbons (Fsp3) is 0.133. The molecule has 3 rings (SSSR count). The molecule has 118 valence electrons. The first-order chi connectivity index (χ1) is 11.1. The molecule has 0 amide bonds. The standard InChI is InChI=1S/C15H10O6S2/c1-19-13(17)10-11(14(18)20-2)23-15(22-10)9-7-5-3-4-6-8(7)12(16)21-9/h3-6H,1-2H3. The molecule has 0 atom stereocenters. The zero-order chi connectivity index (χ0) is 16.6. The maximum atomic E-state index is 11.9. The van der Waals surface area contributed by atoms with Crippen LogP contribution in [0, 0.1) is 0 Å². The summed E-state index contributed by atoms with van der Waals surface area (Å²) in [5, 5.41) is 0. The molecule has 2 aliphatic rings. The Morgan fingerprint density at radius 1 is 0.957 bits per heavy atom. The van der Waals surface area contributed by atoms with Crippen LogP contribution in [0.5, 0.6) is 0 Å². The van der Waals surface area contributed by atoms with Gasteiger partial charge in [-0.15, -0.1) is 0 Å². The number of rotatable bonds is 2. The first-order valence-corrected chi connectivity index (χ1v) is 8.02. The zero-order valence-electron chi connectivity index (χ0n) is 12.1. The van der Waals surface area contributed by atoms with Crippen LogP contribution in [-0.2, 0) is 23.8 Å². The molecular formula is C15H10O6S2. The highest BCUT2D eigenvalue weighted by atomic mass is 32.2. The van der Waals surface area contributed by atoms with Gasteiger partial charge in [0, 0.05) is 5.56 Å². The van der Waals surface area contributed by atoms with Crippen LogP contribution in [-0.4, -0.2) is 32.1 Å². The fourth-order valence-corrected chi connectivity index (χ4v) is 4.52. The van der Waals surface area contributed by atoms with Gasteiger partial charge in [0.05, 0.1) is 24.0 Å². The third kappa shape index (κ3) is 2.64. The van der Waals surface area contributed by atoms with Crippen LogP contribution in [0.3, 0.4) is 0 Å². The maximum Gasteiger partial charge on any atom is 0.346 e. The van der Waals surface area contributed by atoms with Gasteiger partial charge in [0.15, 0.2) is 5.76 Å². The van der Waals surface area contributed by atoms with Gasteiger partial charge in [-0.25, -0.2) is 14.4 Å². The lowest BCUT2D eigenvalue weighted by atomic mass is 10.1. The van der Waals surface area contributed by atoms with Crippen molar-refractivity contribution in [2.75, 3.05) is 14.2 Å². The number of carbonyl (C=O) groups excluding carboxylic acids is 3. The number of carbonyl (C=O) groups is 3. The number of fused-ring (bicyclic) bond motifs is 1. The number of esters is 3. The molecule has 0 bridgehead atoms. The summed E-state index contributed by atoms with van der Waals surface area (Å²) in [5.41, 5.74) is 1.07. The van der Waals surface area contributed by atoms with Crippen molar-refractivity contribution in [1.82, 2.24) is 0 Å². The lowest BCUT2D eigenvalue weighted by Gasteiger charge is -2.03. The van der Waals surface area contributed by atoms with E-state index in [4.69, 9.17) is 14.2 Å². The number of hydrogen-bond acceptors (Lipinski definition) is 8. The predicted octanol–water partition coefficient (Wildman–Crippen LogP) is 2.52. The molecule has 0 N–H and O–H groups in total. The van der Waals surface area contributed by atoms with Gasteiger partial charge in [-0.3, -0.25) is 0 Å². The monoisotopic (exact) mass is 350 g/mol. The normalized spacial score (nSPS) is 16.3. The van der Waals surface area contributed by atoms with Crippen LogP contribution >= 0.6 is 23.5 Å². The van der Waals surface area contributed by atoms with Gasteiger partial charge in [-0.1, -0.05) is 41.7 Å². The molecule has 0 saturated heterocycles. The summed E-state index contributed by atoms with van der Waals surface area (Å²) in [5.74, 6) is -1.41. The molecular weight excluding hydrogens is 340 g/mol. The van der Waals surface area contributed by atoms with E-state index in [1.165, 1.54) is 14.2 Å². The van der Waals surface area contributed by atoms with E-state index in [0.29, 0.717) is 21.1 Å². The second-order valence-corrected chi connectivity index (χ2v) is 6.70. The quantitative estimate of drug-likeness (QED) is 0.595. The van der Waals surface area contributed by atoms with E-state index < -0.39 is 17.9 Å². The topological polar surface area (TPSA) is 78.9 Å². The van der Waals surface area contributed by atoms with Gasteiger partial charge in [0.25, 0.3) is 0 Å². The van der Waals surface area contributed by atoms with Gasteiger partial charge < -0.3 is 14.2 Å². The Kier molecular flexibility index (Phi) is 4.18. The molecule has 0 saturated carbocycles. The molecule has 8 heteroatoms. The molecule has 1 aromatic carbocycles. The Morgan fingerprint density at radius 2 is 1.48 bits per heavy atom. The highest BCUT2D eigenvalue weighted by Crippen LogP contribution is 2.54. The summed E-state index contributed by atoms with van der Waals surface area (Å²) in [6.45, 7) is 0. The van der Waals surface area contributed by atoms with Crippen molar-refractivity contribution in [2.24, 2.45) is 0 Å². The molecule has 6 nitrogen and oxygen atoms in total. The molecule has 23 heavy (non-hydrogen) atoms. The molecule has 2 aliphatic heterocycles. The van der Waals surface area contributed by atoms with Crippen molar-refractivity contribution >= 4 is 47.2 Å². The molecule has 0 aliphatic carbocycles. The average molecular weight is 350 g/mol. The Hall–Kier alpha value is -2.19. The van der Waals surface area contributed by atoms with Crippen LogP contribution < -0.4 is 0 Å². The summed E-state index contributed by atoms with van der Waals surface area (Å²) in [4.78, 5) is 35.9. The number of cyclic esters (lactones) is 1. The fourth-order valence-electron chi connectivity index (χ4n) is 2.06. The minimum atomic E-state index is -0.642. The van der Waals surface area contributed by atoms with Gasteiger partial charge in [0.1, 0.15) is 9.81 Å². The molecule has 0 unspecified atom stereocenters. The molecule has 0 spiro atoms. The van der Waals surface area contributed by atoms with Gasteiger partial charge in [-0.05, 0) is 6.07 Å². The SMILES string of the molecule is COC(=O)C1=C(C(=O)OC)SC(=C2OC(=O)c3ccccc32)S1. The van der Waals surface area contributed by atoms with Gasteiger partial charge in [0.2, 0.25) is 0 Å². The van der Waals surface area contributed by atoms with Crippen molar-refractivity contribution in [1.29, 1.82) is 0 Å². The van der Waals surface area contributed by atoms with Crippen LogP contribution in [0.1, 0.15) is 15.9 Å². The van der Waals surface area contributed by atoms with E-state index in [1.807, 2.05) is 0 Å². The van der Waals surface area contributed by atoms with E-state index in [1.54, 1.807) is 24.3 Å². The van der Waals surface area contributed by atoms with E-state index in [2.05, 4.69) is 0 Å². The average Bonchev–Trinajstić information content (AvgIpc) is 3.16. The first-order valence-electron chi connectivity index (χ1n) is 6.39. The number of thioether (sulfide) groups is 2. The summed E-state index contributed by atoms with van der Waals surface area (Å²) in [6, 6.07) is 6.92. The van der Waals surface area contributed by atoms with Crippen LogP contribution in [0.2, 0.25) is 0 Å². The van der Waals surface area contributed by atoms with Crippen molar-refractivity contribution in [3.8, 4) is 0 Å². The van der Waals surface area contributed by atoms with Gasteiger partial charge in [-0.2, -0.15) is 0 Å². The summed E-state index contributed by atoms with van der Waals surface area (Å²) in [7, 11) is 2.46. The smallest absolute Gasteiger partial charge is 0.346 e. The van der Waals surface area contributed by atoms with Crippen LogP contribution in [0.4, 0.5) is 0 Å². The second kappa shape index (κ2) is 6.13. The number of benzene rings is 1. The van der Waals surface area contributed by atoms with E-state index in [0.717, 1.165) is 23.5 Å². The highest BCUT2D eigenvalue weighted by Gasteiger charge is 2.38. The summed E-state index contributed by atoms with van der Waals surface area (Å²) in [6.07, 6.45) is 0. The maximum absolute atomic E-state index is 11.9. The Bertz CT molecular complexity index is 763. The van der Waals surface area contributed by atoms with Crippen molar-refractivity contribution in [3.63, 3.8) is 0 Å². The lowest BCUT2D eigenvalue weighted by Crippen LogP contribution is -2.08. The van der Waals surface area contributed by atoms with Crippen molar-refractivity contribution in [2.45, 2.75) is 0 Å². The van der Waals surface area contributed by atoms with Crippen molar-refractivity contribution < 1.29 is 28.6 Å². The van der Waals surface area contributed by atoms with Crippen LogP contribution in [0.15, 0.2) is 38.3 Å². The van der Waals surface area contributed by atoms with Crippen LogP contribution in [0.25, 0.3) is 5.76 Å². The first kappa shape index (κ1) is 15.7. The molecule has 1 aromatic rings. The Morgan fingerprint density at radius 3 is 2.00 bits per heavy atom. The largest absolute Gasteiger partial charge is 0.465 e. The third-order valence-electron chi connectivity index (χ3n) is 3.11. The van der Waals surface area contributed by atoms with Gasteiger partial charge >= 0.3 is 17.9 Å². The van der Waals surface area contributed by atoms with E-state index >= 15 is 0 Å². The number of ether oxygens (including phenoxy) is 3. The molecule has 0 aromatic heterocycles. The Labute approximate surface area is 139 Å². The number of hydrogen-bond donors (Lipinski definition) is 0.